The van der Waals surface area contributed by atoms with E-state index in [-0.39, 0.29) is 11.7 Å². The normalized spacial score (nSPS) is 18.5. The highest BCUT2D eigenvalue weighted by atomic mass is 32.1. The van der Waals surface area contributed by atoms with Crippen LogP contribution in [0.15, 0.2) is 24.4 Å². The molecule has 5 nitrogen and oxygen atoms in total. The molecule has 0 spiro atoms. The average molecular weight is 318 g/mol. The molecule has 2 aromatic rings. The molecule has 1 aromatic heterocycles. The van der Waals surface area contributed by atoms with Crippen LogP contribution in [0, 0.1) is 6.92 Å². The molecule has 1 N–H and O–H groups in total. The van der Waals surface area contributed by atoms with Crippen molar-refractivity contribution in [3.8, 4) is 16.3 Å². The van der Waals surface area contributed by atoms with Gasteiger partial charge < -0.3 is 14.7 Å². The summed E-state index contributed by atoms with van der Waals surface area (Å²) >= 11 is 1.55. The zero-order chi connectivity index (χ0) is 15.7. The third-order valence-corrected chi connectivity index (χ3v) is 4.63. The number of likely N-dealkylation sites (tertiary alicyclic amines) is 1. The highest BCUT2D eigenvalue weighted by molar-refractivity contribution is 7.14. The Labute approximate surface area is 133 Å². The molecule has 2 heterocycles. The number of ether oxygens (including phenoxy) is 1. The van der Waals surface area contributed by atoms with Gasteiger partial charge in [-0.05, 0) is 38.6 Å². The fourth-order valence-electron chi connectivity index (χ4n) is 2.59. The number of hydrogen-bond acceptors (Lipinski definition) is 5. The summed E-state index contributed by atoms with van der Waals surface area (Å²) in [7, 11) is 2.06. The summed E-state index contributed by atoms with van der Waals surface area (Å²) < 4.78 is 5.98. The number of aromatic nitrogens is 1. The average Bonchev–Trinajstić information content (AvgIpc) is 3.07. The van der Waals surface area contributed by atoms with Crippen LogP contribution < -0.4 is 4.74 Å². The lowest BCUT2D eigenvalue weighted by Crippen LogP contribution is -2.21. The first kappa shape index (κ1) is 15.0. The van der Waals surface area contributed by atoms with E-state index in [1.807, 2.05) is 13.0 Å². The van der Waals surface area contributed by atoms with Crippen LogP contribution in [0.25, 0.3) is 10.6 Å². The van der Waals surface area contributed by atoms with Crippen molar-refractivity contribution in [1.29, 1.82) is 0 Å². The minimum atomic E-state index is -0.955. The van der Waals surface area contributed by atoms with E-state index in [9.17, 15) is 9.90 Å². The Morgan fingerprint density at radius 2 is 2.27 bits per heavy atom. The van der Waals surface area contributed by atoms with E-state index in [4.69, 9.17) is 4.74 Å². The molecule has 0 radical (unpaired) electrons. The maximum atomic E-state index is 11.4. The van der Waals surface area contributed by atoms with Gasteiger partial charge in [0.05, 0.1) is 5.56 Å². The van der Waals surface area contributed by atoms with Gasteiger partial charge in [0.1, 0.15) is 16.9 Å². The van der Waals surface area contributed by atoms with E-state index in [1.165, 1.54) is 0 Å². The number of hydrogen-bond donors (Lipinski definition) is 1. The highest BCUT2D eigenvalue weighted by Gasteiger charge is 2.22. The summed E-state index contributed by atoms with van der Waals surface area (Å²) in [5.41, 5.74) is 1.02. The van der Waals surface area contributed by atoms with Gasteiger partial charge >= 0.3 is 5.97 Å². The van der Waals surface area contributed by atoms with Crippen LogP contribution in [0.4, 0.5) is 0 Å². The highest BCUT2D eigenvalue weighted by Crippen LogP contribution is 2.30. The maximum Gasteiger partial charge on any atom is 0.335 e. The first-order chi connectivity index (χ1) is 10.5. The monoisotopic (exact) mass is 318 g/mol. The number of benzene rings is 1. The van der Waals surface area contributed by atoms with Gasteiger partial charge in [-0.25, -0.2) is 9.78 Å². The lowest BCUT2D eigenvalue weighted by atomic mass is 10.1. The number of likely N-dealkylation sites (N-methyl/N-ethyl adjacent to an activating group) is 1. The van der Waals surface area contributed by atoms with Gasteiger partial charge in [0.2, 0.25) is 0 Å². The zero-order valence-corrected chi connectivity index (χ0v) is 13.4. The molecule has 1 saturated heterocycles. The van der Waals surface area contributed by atoms with Crippen molar-refractivity contribution in [2.75, 3.05) is 20.1 Å². The van der Waals surface area contributed by atoms with Crippen LogP contribution in [-0.2, 0) is 0 Å². The van der Waals surface area contributed by atoms with Gasteiger partial charge in [-0.2, -0.15) is 0 Å². The van der Waals surface area contributed by atoms with Crippen LogP contribution in [0.1, 0.15) is 21.7 Å². The second-order valence-electron chi connectivity index (χ2n) is 5.62. The molecular formula is C16H18N2O3S. The fraction of sp³-hybridized carbons (Fsp3) is 0.375. The number of carbonyl (C=O) groups is 1. The number of nitrogens with zero attached hydrogens (tertiary/aromatic N) is 2. The number of thiazole rings is 1. The summed E-state index contributed by atoms with van der Waals surface area (Å²) in [5, 5.41) is 10.1. The summed E-state index contributed by atoms with van der Waals surface area (Å²) in [6.45, 7) is 3.85. The van der Waals surface area contributed by atoms with Crippen molar-refractivity contribution in [3.63, 3.8) is 0 Å². The lowest BCUT2D eigenvalue weighted by Gasteiger charge is -2.15. The van der Waals surface area contributed by atoms with Crippen molar-refractivity contribution in [2.24, 2.45) is 0 Å². The SMILES string of the molecule is Cc1cnc(-c2cc(O[C@H]3CCN(C)C3)cc(C(=O)O)c2)s1. The third kappa shape index (κ3) is 3.28. The van der Waals surface area contributed by atoms with Gasteiger partial charge in [0.15, 0.2) is 0 Å². The van der Waals surface area contributed by atoms with E-state index in [1.54, 1.807) is 29.7 Å². The third-order valence-electron chi connectivity index (χ3n) is 3.67. The molecule has 1 aromatic carbocycles. The lowest BCUT2D eigenvalue weighted by molar-refractivity contribution is 0.0696. The molecule has 1 fully saturated rings. The Morgan fingerprint density at radius 1 is 1.45 bits per heavy atom. The van der Waals surface area contributed by atoms with Crippen LogP contribution in [0.5, 0.6) is 5.75 Å². The number of aromatic carboxylic acids is 1. The van der Waals surface area contributed by atoms with Crippen molar-refractivity contribution in [2.45, 2.75) is 19.4 Å². The number of aryl methyl sites for hydroxylation is 1. The smallest absolute Gasteiger partial charge is 0.335 e. The van der Waals surface area contributed by atoms with Gasteiger partial charge in [-0.15, -0.1) is 11.3 Å². The molecule has 0 unspecified atom stereocenters. The second-order valence-corrected chi connectivity index (χ2v) is 6.85. The molecule has 0 amide bonds. The minimum Gasteiger partial charge on any atom is -0.489 e. The van der Waals surface area contributed by atoms with Gasteiger partial charge in [0, 0.05) is 29.7 Å². The van der Waals surface area contributed by atoms with Crippen molar-refractivity contribution < 1.29 is 14.6 Å². The van der Waals surface area contributed by atoms with Crippen molar-refractivity contribution in [1.82, 2.24) is 9.88 Å². The topological polar surface area (TPSA) is 62.7 Å². The molecule has 6 heteroatoms. The number of carboxylic acid groups (broad SMARTS) is 1. The molecule has 22 heavy (non-hydrogen) atoms. The van der Waals surface area contributed by atoms with E-state index >= 15 is 0 Å². The summed E-state index contributed by atoms with van der Waals surface area (Å²) in [4.78, 5) is 19.0. The molecular weight excluding hydrogens is 300 g/mol. The minimum absolute atomic E-state index is 0.111. The van der Waals surface area contributed by atoms with Crippen LogP contribution in [-0.4, -0.2) is 47.2 Å². The first-order valence-electron chi connectivity index (χ1n) is 7.17. The van der Waals surface area contributed by atoms with Gasteiger partial charge in [0.25, 0.3) is 0 Å². The van der Waals surface area contributed by atoms with Crippen LogP contribution >= 0.6 is 11.3 Å². The van der Waals surface area contributed by atoms with E-state index < -0.39 is 5.97 Å². The van der Waals surface area contributed by atoms with E-state index in [0.717, 1.165) is 35.0 Å². The Bertz CT molecular complexity index is 698. The molecule has 1 atom stereocenters. The quantitative estimate of drug-likeness (QED) is 0.939. The summed E-state index contributed by atoms with van der Waals surface area (Å²) in [6, 6.07) is 5.11. The molecule has 0 aliphatic carbocycles. The second kappa shape index (κ2) is 6.06. The predicted molar refractivity (Wildman–Crippen MR) is 85.8 cm³/mol. The van der Waals surface area contributed by atoms with Crippen molar-refractivity contribution in [3.05, 3.63) is 34.8 Å². The Morgan fingerprint density at radius 3 is 2.86 bits per heavy atom. The van der Waals surface area contributed by atoms with E-state index in [2.05, 4.69) is 16.9 Å². The molecule has 1 aliphatic rings. The predicted octanol–water partition coefficient (Wildman–Crippen LogP) is 2.90. The number of rotatable bonds is 4. The molecule has 0 bridgehead atoms. The standard InChI is InChI=1S/C16H18N2O3S/c1-10-8-17-15(22-10)11-5-12(16(19)20)7-14(6-11)21-13-3-4-18(2)9-13/h5-8,13H,3-4,9H2,1-2H3,(H,19,20)/t13-/m0/s1. The maximum absolute atomic E-state index is 11.4. The fourth-order valence-corrected chi connectivity index (χ4v) is 3.34. The molecule has 116 valence electrons. The van der Waals surface area contributed by atoms with Gasteiger partial charge in [-0.3, -0.25) is 0 Å². The largest absolute Gasteiger partial charge is 0.489 e. The number of carboxylic acids is 1. The summed E-state index contributed by atoms with van der Waals surface area (Å²) in [6.07, 6.45) is 2.86. The Balaban J connectivity index is 1.92. The van der Waals surface area contributed by atoms with Gasteiger partial charge in [-0.1, -0.05) is 0 Å². The molecule has 3 rings (SSSR count). The summed E-state index contributed by atoms with van der Waals surface area (Å²) in [5.74, 6) is -0.355. The first-order valence-corrected chi connectivity index (χ1v) is 7.99. The zero-order valence-electron chi connectivity index (χ0n) is 12.6. The molecule has 0 saturated carbocycles. The van der Waals surface area contributed by atoms with Crippen LogP contribution in [0.3, 0.4) is 0 Å². The van der Waals surface area contributed by atoms with Crippen molar-refractivity contribution >= 4 is 17.3 Å². The van der Waals surface area contributed by atoms with Crippen LogP contribution in [0.2, 0.25) is 0 Å². The Hall–Kier alpha value is -1.92. The Kier molecular flexibility index (Phi) is 4.13. The molecule has 1 aliphatic heterocycles. The van der Waals surface area contributed by atoms with E-state index in [0.29, 0.717) is 5.75 Å².